The Bertz CT molecular complexity index is 966. The fourth-order valence-electron chi connectivity index (χ4n) is 3.06. The Hall–Kier alpha value is -3.48. The van der Waals surface area contributed by atoms with Crippen molar-refractivity contribution in [1.82, 2.24) is 9.55 Å². The number of nitrogens with zero attached hydrogens (tertiary/aromatic N) is 1. The van der Waals surface area contributed by atoms with Crippen molar-refractivity contribution >= 4 is 23.9 Å². The van der Waals surface area contributed by atoms with Crippen LogP contribution in [0.5, 0.6) is 0 Å². The van der Waals surface area contributed by atoms with Crippen LogP contribution in [0, 0.1) is 0 Å². The number of nitrogens with one attached hydrogen (secondary N) is 1. The largest absolute Gasteiger partial charge is 0.463 e. The van der Waals surface area contributed by atoms with E-state index < -0.39 is 72.4 Å². The number of aromatic amines is 1. The van der Waals surface area contributed by atoms with Crippen molar-refractivity contribution < 1.29 is 42.9 Å². The van der Waals surface area contributed by atoms with Gasteiger partial charge in [-0.3, -0.25) is 33.5 Å². The van der Waals surface area contributed by atoms with Crippen LogP contribution in [0.4, 0.5) is 0 Å². The van der Waals surface area contributed by atoms with Crippen LogP contribution in [0.25, 0.3) is 0 Å². The zero-order valence-corrected chi connectivity index (χ0v) is 17.2. The van der Waals surface area contributed by atoms with E-state index in [0.717, 1.165) is 44.5 Å². The van der Waals surface area contributed by atoms with Gasteiger partial charge < -0.3 is 23.7 Å². The molecule has 1 aromatic heterocycles. The molecule has 2 rings (SSSR count). The van der Waals surface area contributed by atoms with Gasteiger partial charge in [0.15, 0.2) is 24.5 Å². The van der Waals surface area contributed by atoms with Crippen LogP contribution in [-0.4, -0.2) is 64.5 Å². The number of esters is 4. The lowest BCUT2D eigenvalue weighted by Gasteiger charge is -2.44. The monoisotopic (exact) mass is 451 g/mol. The summed E-state index contributed by atoms with van der Waals surface area (Å²) < 4.78 is 27.4. The molecular formula is C18H22N2O11. The van der Waals surface area contributed by atoms with E-state index in [2.05, 4.69) is 0 Å². The lowest BCUT2D eigenvalue weighted by molar-refractivity contribution is -0.269. The zero-order chi connectivity index (χ0) is 23.3. The molecule has 0 aliphatic carbocycles. The third-order valence-electron chi connectivity index (χ3n) is 4.09. The Labute approximate surface area is 175 Å². The minimum atomic E-state index is -1.46. The first-order chi connectivity index (χ1) is 14.5. The molecule has 13 heteroatoms. The maximum absolute atomic E-state index is 12.3. The SMILES string of the molecule is CC(=O)O[13CH2][13C@H]1O[13C@@H]([15n]2[13cH]cc(=O)[15nH]c2=O)[13C@H](OC(C)=O)[13C@@H](OC(C)=O)[13C@@H]1OC(C)=O. The molecule has 1 saturated heterocycles. The lowest BCUT2D eigenvalue weighted by Crippen LogP contribution is -2.61. The van der Waals surface area contributed by atoms with E-state index in [9.17, 15) is 28.8 Å². The van der Waals surface area contributed by atoms with E-state index in [1.807, 2.05) is 4.98 Å². The van der Waals surface area contributed by atoms with E-state index in [0.29, 0.717) is 0 Å². The van der Waals surface area contributed by atoms with E-state index >= 15 is 0 Å². The third kappa shape index (κ3) is 6.25. The maximum atomic E-state index is 12.3. The minimum absolute atomic E-state index is 0.438. The summed E-state index contributed by atoms with van der Waals surface area (Å²) >= 11 is 0. The summed E-state index contributed by atoms with van der Waals surface area (Å²) in [4.78, 5) is 72.3. The molecule has 0 radical (unpaired) electrons. The second-order valence-electron chi connectivity index (χ2n) is 6.61. The molecule has 1 fully saturated rings. The second kappa shape index (κ2) is 10.0. The van der Waals surface area contributed by atoms with Crippen molar-refractivity contribution in [2.75, 3.05) is 6.61 Å². The average Bonchev–Trinajstić information content (AvgIpc) is 2.63. The molecule has 0 saturated carbocycles. The predicted octanol–water partition coefficient (Wildman–Crippen LogP) is -1.21. The van der Waals surface area contributed by atoms with Gasteiger partial charge in [0.1, 0.15) is 12.7 Å². The van der Waals surface area contributed by atoms with Gasteiger partial charge in [-0.05, 0) is 0 Å². The highest BCUT2D eigenvalue weighted by Crippen LogP contribution is 2.33. The van der Waals surface area contributed by atoms with Gasteiger partial charge in [-0.25, -0.2) is 4.79 Å². The number of carbonyl (C=O) groups excluding carboxylic acids is 4. The number of hydrogen-bond donors (Lipinski definition) is 1. The first kappa shape index (κ1) is 23.8. The molecule has 0 bridgehead atoms. The van der Waals surface area contributed by atoms with Gasteiger partial charge in [0.05, 0.1) is 0 Å². The summed E-state index contributed by atoms with van der Waals surface area (Å²) in [5, 5.41) is 0. The Morgan fingerprint density at radius 3 is 1.97 bits per heavy atom. The molecule has 5 atom stereocenters. The Morgan fingerprint density at radius 1 is 0.903 bits per heavy atom. The number of H-pyrrole nitrogens is 1. The van der Waals surface area contributed by atoms with Crippen LogP contribution >= 0.6 is 0 Å². The van der Waals surface area contributed by atoms with Crippen molar-refractivity contribution in [3.05, 3.63) is 33.1 Å². The predicted molar refractivity (Wildman–Crippen MR) is 98.5 cm³/mol. The molecule has 0 unspecified atom stereocenters. The fraction of sp³-hybridized carbons (Fsp3) is 0.556. The van der Waals surface area contributed by atoms with Gasteiger partial charge in [0.25, 0.3) is 5.56 Å². The van der Waals surface area contributed by atoms with Gasteiger partial charge in [-0.2, -0.15) is 0 Å². The van der Waals surface area contributed by atoms with Gasteiger partial charge in [-0.15, -0.1) is 0 Å². The molecule has 0 spiro atoms. The van der Waals surface area contributed by atoms with Crippen molar-refractivity contribution in [1.29, 1.82) is 0 Å². The Balaban J connectivity index is 2.60. The van der Waals surface area contributed by atoms with E-state index in [4.69, 9.17) is 23.7 Å². The highest BCUT2D eigenvalue weighted by atomic mass is 16.8. The van der Waals surface area contributed by atoms with Crippen LogP contribution in [-0.2, 0) is 42.9 Å². The summed E-state index contributed by atoms with van der Waals surface area (Å²) in [5.74, 6) is -3.07. The van der Waals surface area contributed by atoms with Gasteiger partial charge in [0.2, 0.25) is 0 Å². The molecular weight excluding hydrogens is 429 g/mol. The highest BCUT2D eigenvalue weighted by Gasteiger charge is 2.53. The standard InChI is InChI=1S/C18H22N2O11/c1-8(21)27-7-12-14(28-9(2)22)15(29-10(3)23)16(30-11(4)24)17(31-12)20-6-5-13(25)19-18(20)26/h5-6,12,14-17H,7H2,1-4H3,(H,19,25,26)/t12-,14-,15+,16-,17-/m1/s1/i6+1,7+1,12+1,14+1,15+1,16+1,17+1,19+1,20+1. The normalized spacial score (nSPS) is 25.2. The molecule has 1 aliphatic rings. The van der Waals surface area contributed by atoms with Crippen molar-refractivity contribution in [3.8, 4) is 0 Å². The Kier molecular flexibility index (Phi) is 7.69. The molecule has 1 N–H and O–H groups in total. The summed E-state index contributed by atoms with van der Waals surface area (Å²) in [5.41, 5.74) is -1.60. The van der Waals surface area contributed by atoms with E-state index in [1.54, 1.807) is 0 Å². The summed E-state index contributed by atoms with van der Waals surface area (Å²) in [6.45, 7) is 3.94. The summed E-state index contributed by atoms with van der Waals surface area (Å²) in [7, 11) is 0. The maximum Gasteiger partial charge on any atom is 0.330 e. The lowest BCUT2D eigenvalue weighted by atomic mass is 10.8. The quantitative estimate of drug-likeness (QED) is 0.313. The number of hydrogen-bond acceptors (Lipinski definition) is 11. The average molecular weight is 451 g/mol. The first-order valence-corrected chi connectivity index (χ1v) is 9.11. The number of rotatable bonds is 6. The molecule has 0 aromatic carbocycles. The van der Waals surface area contributed by atoms with Gasteiger partial charge in [-0.1, -0.05) is 0 Å². The second-order valence-corrected chi connectivity index (χ2v) is 6.61. The molecule has 1 aliphatic heterocycles. The first-order valence-electron chi connectivity index (χ1n) is 9.11. The zero-order valence-electron chi connectivity index (χ0n) is 17.2. The van der Waals surface area contributed by atoms with E-state index in [-0.39, 0.29) is 0 Å². The molecule has 31 heavy (non-hydrogen) atoms. The smallest absolute Gasteiger partial charge is 0.330 e. The van der Waals surface area contributed by atoms with Crippen molar-refractivity contribution in [2.45, 2.75) is 58.3 Å². The van der Waals surface area contributed by atoms with Gasteiger partial charge in [0, 0.05) is 40.0 Å². The number of carbonyl (C=O) groups is 4. The molecule has 2 heterocycles. The number of aromatic nitrogens is 2. The van der Waals surface area contributed by atoms with Crippen LogP contribution < -0.4 is 11.2 Å². The topological polar surface area (TPSA) is 169 Å². The van der Waals surface area contributed by atoms with Crippen LogP contribution in [0.1, 0.15) is 33.9 Å². The minimum Gasteiger partial charge on any atom is -0.463 e. The Morgan fingerprint density at radius 2 is 1.45 bits per heavy atom. The molecule has 13 nitrogen and oxygen atoms in total. The molecule has 1 aromatic rings. The van der Waals surface area contributed by atoms with Crippen LogP contribution in [0.15, 0.2) is 21.9 Å². The van der Waals surface area contributed by atoms with Crippen molar-refractivity contribution in [3.63, 3.8) is 0 Å². The summed E-state index contributed by atoms with van der Waals surface area (Å²) in [6, 6.07) is 1.02. The number of ether oxygens (including phenoxy) is 5. The molecule has 170 valence electrons. The van der Waals surface area contributed by atoms with Gasteiger partial charge >= 0.3 is 29.6 Å². The fourth-order valence-corrected chi connectivity index (χ4v) is 3.06. The molecule has 0 amide bonds. The van der Waals surface area contributed by atoms with Crippen molar-refractivity contribution in [2.24, 2.45) is 0 Å². The van der Waals surface area contributed by atoms with Crippen LogP contribution in [0.3, 0.4) is 0 Å². The van der Waals surface area contributed by atoms with E-state index in [1.165, 1.54) is 0 Å². The summed E-state index contributed by atoms with van der Waals surface area (Å²) in [6.07, 6.45) is -5.79. The highest BCUT2D eigenvalue weighted by molar-refractivity contribution is 5.68. The third-order valence-corrected chi connectivity index (χ3v) is 4.09. The van der Waals surface area contributed by atoms with Crippen LogP contribution in [0.2, 0.25) is 0 Å².